The van der Waals surface area contributed by atoms with Crippen LogP contribution in [-0.2, 0) is 31.4 Å². The summed E-state index contributed by atoms with van der Waals surface area (Å²) in [4.78, 5) is 20.7. The van der Waals surface area contributed by atoms with Gasteiger partial charge in [0, 0.05) is 30.0 Å². The van der Waals surface area contributed by atoms with Crippen LogP contribution < -0.4 is 4.31 Å². The van der Waals surface area contributed by atoms with Gasteiger partial charge in [0.2, 0.25) is 0 Å². The lowest BCUT2D eigenvalue weighted by Crippen LogP contribution is -2.40. The van der Waals surface area contributed by atoms with E-state index in [4.69, 9.17) is 14.3 Å². The van der Waals surface area contributed by atoms with Crippen molar-refractivity contribution < 1.29 is 22.5 Å². The number of aromatic nitrogens is 1. The summed E-state index contributed by atoms with van der Waals surface area (Å²) in [5, 5.41) is 4.52. The molecule has 2 aliphatic rings. The first-order chi connectivity index (χ1) is 20.7. The minimum Gasteiger partial charge on any atom is -0.363 e. The summed E-state index contributed by atoms with van der Waals surface area (Å²) in [6, 6.07) is 12.9. The lowest BCUT2D eigenvalue weighted by atomic mass is 9.97. The SMILES string of the molecule is CCCCC1=NC2(CCCC2)C(=O)N1Cc1ccc(-c2ccccc2S(=O)(=O)N(COC)c2noc(C)c2C)c(CBr)c1. The molecule has 1 spiro atoms. The van der Waals surface area contributed by atoms with Crippen molar-refractivity contribution in [1.29, 1.82) is 0 Å². The number of hydrogen-bond donors (Lipinski definition) is 0. The second-order valence-electron chi connectivity index (χ2n) is 11.3. The van der Waals surface area contributed by atoms with Crippen LogP contribution in [0.1, 0.15) is 74.3 Å². The van der Waals surface area contributed by atoms with Crippen LogP contribution in [0.4, 0.5) is 5.82 Å². The number of carbonyl (C=O) groups excluding carboxylic acids is 1. The molecule has 0 radical (unpaired) electrons. The summed E-state index contributed by atoms with van der Waals surface area (Å²) >= 11 is 3.63. The molecule has 11 heteroatoms. The number of ether oxygens (including phenoxy) is 1. The highest BCUT2D eigenvalue weighted by atomic mass is 79.9. The van der Waals surface area contributed by atoms with E-state index in [1.54, 1.807) is 26.0 Å². The van der Waals surface area contributed by atoms with E-state index < -0.39 is 15.6 Å². The first-order valence-corrected chi connectivity index (χ1v) is 17.4. The molecule has 2 aromatic carbocycles. The van der Waals surface area contributed by atoms with E-state index in [9.17, 15) is 13.2 Å². The molecule has 0 bridgehead atoms. The van der Waals surface area contributed by atoms with Gasteiger partial charge in [0.25, 0.3) is 15.9 Å². The zero-order valence-electron chi connectivity index (χ0n) is 25.2. The number of methoxy groups -OCH3 is 1. The average Bonchev–Trinajstić information content (AvgIpc) is 3.69. The van der Waals surface area contributed by atoms with E-state index in [1.807, 2.05) is 29.2 Å². The van der Waals surface area contributed by atoms with Crippen molar-refractivity contribution in [3.8, 4) is 11.1 Å². The Kier molecular flexibility index (Phi) is 9.43. The van der Waals surface area contributed by atoms with Gasteiger partial charge in [-0.3, -0.25) is 14.7 Å². The number of halogens is 1. The number of unbranched alkanes of at least 4 members (excludes halogenated alkanes) is 1. The molecule has 1 aromatic heterocycles. The molecule has 0 N–H and O–H groups in total. The molecular weight excluding hydrogens is 632 g/mol. The molecule has 1 aliphatic carbocycles. The van der Waals surface area contributed by atoms with Crippen LogP contribution in [0.15, 0.2) is 56.9 Å². The Morgan fingerprint density at radius 2 is 1.86 bits per heavy atom. The number of sulfonamides is 1. The molecule has 3 aromatic rings. The van der Waals surface area contributed by atoms with Crippen LogP contribution in [0.2, 0.25) is 0 Å². The van der Waals surface area contributed by atoms with Crippen LogP contribution >= 0.6 is 15.9 Å². The van der Waals surface area contributed by atoms with Crippen molar-refractivity contribution in [2.45, 2.75) is 88.0 Å². The van der Waals surface area contributed by atoms with Gasteiger partial charge in [-0.05, 0) is 55.9 Å². The molecule has 2 heterocycles. The number of amidine groups is 1. The van der Waals surface area contributed by atoms with E-state index in [1.165, 1.54) is 7.11 Å². The van der Waals surface area contributed by atoms with Gasteiger partial charge in [0.05, 0.1) is 11.4 Å². The second-order valence-corrected chi connectivity index (χ2v) is 13.7. The summed E-state index contributed by atoms with van der Waals surface area (Å²) in [6.45, 7) is 5.87. The van der Waals surface area contributed by atoms with Crippen molar-refractivity contribution in [1.82, 2.24) is 10.1 Å². The van der Waals surface area contributed by atoms with Gasteiger partial charge in [0.15, 0.2) is 5.82 Å². The summed E-state index contributed by atoms with van der Waals surface area (Å²) in [7, 11) is -2.65. The van der Waals surface area contributed by atoms with Crippen LogP contribution in [0.5, 0.6) is 0 Å². The summed E-state index contributed by atoms with van der Waals surface area (Å²) in [6.07, 6.45) is 6.53. The monoisotopic (exact) mass is 670 g/mol. The molecule has 0 atom stereocenters. The van der Waals surface area contributed by atoms with Gasteiger partial charge < -0.3 is 9.26 Å². The van der Waals surface area contributed by atoms with Crippen molar-refractivity contribution in [3.05, 3.63) is 64.9 Å². The van der Waals surface area contributed by atoms with Crippen LogP contribution in [-0.4, -0.2) is 49.6 Å². The molecule has 0 unspecified atom stereocenters. The molecule has 43 heavy (non-hydrogen) atoms. The lowest BCUT2D eigenvalue weighted by Gasteiger charge is -2.24. The molecule has 1 saturated carbocycles. The number of aliphatic imine (C=N–C) groups is 1. The minimum absolute atomic E-state index is 0.119. The predicted octanol–water partition coefficient (Wildman–Crippen LogP) is 6.90. The molecule has 230 valence electrons. The van der Waals surface area contributed by atoms with Crippen molar-refractivity contribution in [3.63, 3.8) is 0 Å². The minimum atomic E-state index is -4.09. The van der Waals surface area contributed by atoms with Crippen LogP contribution in [0, 0.1) is 13.8 Å². The van der Waals surface area contributed by atoms with E-state index in [0.29, 0.717) is 28.8 Å². The summed E-state index contributed by atoms with van der Waals surface area (Å²) < 4.78 is 40.0. The lowest BCUT2D eigenvalue weighted by molar-refractivity contribution is -0.131. The van der Waals surface area contributed by atoms with Gasteiger partial charge in [0.1, 0.15) is 23.9 Å². The van der Waals surface area contributed by atoms with E-state index >= 15 is 0 Å². The number of hydrogen-bond acceptors (Lipinski definition) is 7. The highest BCUT2D eigenvalue weighted by Gasteiger charge is 2.49. The average molecular weight is 672 g/mol. The number of nitrogens with zero attached hydrogens (tertiary/aromatic N) is 4. The Morgan fingerprint density at radius 3 is 2.51 bits per heavy atom. The van der Waals surface area contributed by atoms with Gasteiger partial charge in [-0.25, -0.2) is 12.7 Å². The van der Waals surface area contributed by atoms with Gasteiger partial charge in [-0.2, -0.15) is 0 Å². The topological polar surface area (TPSA) is 105 Å². The molecule has 0 saturated heterocycles. The zero-order chi connectivity index (χ0) is 30.8. The maximum absolute atomic E-state index is 14.2. The highest BCUT2D eigenvalue weighted by molar-refractivity contribution is 9.08. The summed E-state index contributed by atoms with van der Waals surface area (Å²) in [5.74, 6) is 1.75. The fraction of sp³-hybridized carbons (Fsp3) is 0.469. The fourth-order valence-corrected chi connectivity index (χ4v) is 8.08. The number of rotatable bonds is 12. The number of aryl methyl sites for hydroxylation is 1. The van der Waals surface area contributed by atoms with Crippen molar-refractivity contribution in [2.24, 2.45) is 4.99 Å². The molecule has 1 fully saturated rings. The Bertz CT molecular complexity index is 1630. The standard InChI is InChI=1S/C32H39BrN4O5S/c1-5-6-13-29-34-32(16-9-10-17-32)31(38)36(29)20-24-14-15-26(25(18-24)19-33)27-11-7-8-12-28(27)43(39,40)37(21-41-4)30-22(2)23(3)42-35-30/h7-8,11-12,14-15,18H,5-6,9-10,13,16-17,19-21H2,1-4H3. The number of carbonyl (C=O) groups is 1. The quantitative estimate of drug-likeness (QED) is 0.153. The zero-order valence-corrected chi connectivity index (χ0v) is 27.6. The molecule has 1 amide bonds. The van der Waals surface area contributed by atoms with Crippen LogP contribution in [0.25, 0.3) is 11.1 Å². The molecular formula is C32H39BrN4O5S. The third-order valence-electron chi connectivity index (χ3n) is 8.50. The maximum Gasteiger partial charge on any atom is 0.268 e. The predicted molar refractivity (Wildman–Crippen MR) is 171 cm³/mol. The Hall–Kier alpha value is -3.02. The van der Waals surface area contributed by atoms with Gasteiger partial charge in [-0.1, -0.05) is 83.7 Å². The second kappa shape index (κ2) is 12.9. The van der Waals surface area contributed by atoms with Gasteiger partial charge >= 0.3 is 0 Å². The third kappa shape index (κ3) is 5.91. The maximum atomic E-state index is 14.2. The summed E-state index contributed by atoms with van der Waals surface area (Å²) in [5.41, 5.74) is 3.28. The Labute approximate surface area is 262 Å². The molecule has 5 rings (SSSR count). The van der Waals surface area contributed by atoms with E-state index in [-0.39, 0.29) is 23.4 Å². The van der Waals surface area contributed by atoms with E-state index in [2.05, 4.69) is 34.1 Å². The fourth-order valence-electron chi connectivity index (χ4n) is 6.03. The van der Waals surface area contributed by atoms with E-state index in [0.717, 1.165) is 71.8 Å². The smallest absolute Gasteiger partial charge is 0.268 e. The largest absolute Gasteiger partial charge is 0.363 e. The van der Waals surface area contributed by atoms with Gasteiger partial charge in [-0.15, -0.1) is 0 Å². The molecule has 1 aliphatic heterocycles. The first-order valence-electron chi connectivity index (χ1n) is 14.8. The van der Waals surface area contributed by atoms with Crippen LogP contribution in [0.3, 0.4) is 0 Å². The normalized spacial score (nSPS) is 16.3. The third-order valence-corrected chi connectivity index (χ3v) is 10.9. The van der Waals surface area contributed by atoms with Crippen molar-refractivity contribution in [2.75, 3.05) is 18.1 Å². The molecule has 9 nitrogen and oxygen atoms in total. The van der Waals surface area contributed by atoms with Crippen molar-refractivity contribution >= 4 is 43.5 Å². The number of anilines is 1. The Morgan fingerprint density at radius 1 is 1.12 bits per heavy atom. The number of amides is 1. The first kappa shape index (κ1) is 31.4. The number of alkyl halides is 1. The number of benzene rings is 2. The Balaban J connectivity index is 1.50. The highest BCUT2D eigenvalue weighted by Crippen LogP contribution is 2.41.